The van der Waals surface area contributed by atoms with Gasteiger partial charge in [0.15, 0.2) is 0 Å². The number of nitrogens with zero attached hydrogens (tertiary/aromatic N) is 1. The van der Waals surface area contributed by atoms with Crippen molar-refractivity contribution in [3.8, 4) is 5.75 Å². The first-order valence-corrected chi connectivity index (χ1v) is 9.85. The zero-order valence-corrected chi connectivity index (χ0v) is 16.4. The molecule has 0 saturated heterocycles. The fourth-order valence-corrected chi connectivity index (χ4v) is 3.17. The van der Waals surface area contributed by atoms with E-state index in [9.17, 15) is 9.18 Å². The van der Waals surface area contributed by atoms with Crippen LogP contribution in [0.15, 0.2) is 53.9 Å². The molecule has 1 amide bonds. The predicted octanol–water partition coefficient (Wildman–Crippen LogP) is 3.69. The van der Waals surface area contributed by atoms with E-state index in [2.05, 4.69) is 15.6 Å². The van der Waals surface area contributed by atoms with Gasteiger partial charge in [-0.15, -0.1) is 11.3 Å². The van der Waals surface area contributed by atoms with Crippen LogP contribution in [0.3, 0.4) is 0 Å². The summed E-state index contributed by atoms with van der Waals surface area (Å²) >= 11 is 1.56. The number of hydrogen-bond donors (Lipinski definition) is 2. The molecule has 0 atom stereocenters. The zero-order valence-electron chi connectivity index (χ0n) is 15.6. The second-order valence-corrected chi connectivity index (χ2v) is 7.22. The number of amides is 1. The fraction of sp³-hybridized carbons (Fsp3) is 0.238. The smallest absolute Gasteiger partial charge is 0.251 e. The van der Waals surface area contributed by atoms with Gasteiger partial charge in [0.1, 0.15) is 23.2 Å². The van der Waals surface area contributed by atoms with Gasteiger partial charge in [0, 0.05) is 30.6 Å². The Bertz CT molecular complexity index is 895. The number of hydrogen-bond acceptors (Lipinski definition) is 5. The van der Waals surface area contributed by atoms with E-state index in [-0.39, 0.29) is 11.7 Å². The second kappa shape index (κ2) is 9.96. The van der Waals surface area contributed by atoms with E-state index in [1.807, 2.05) is 36.6 Å². The van der Waals surface area contributed by atoms with Gasteiger partial charge in [-0.25, -0.2) is 9.37 Å². The summed E-state index contributed by atoms with van der Waals surface area (Å²) in [5.41, 5.74) is 2.58. The molecule has 146 valence electrons. The first-order valence-electron chi connectivity index (χ1n) is 8.97. The van der Waals surface area contributed by atoms with Gasteiger partial charge >= 0.3 is 0 Å². The Kier molecular flexibility index (Phi) is 7.11. The van der Waals surface area contributed by atoms with Crippen molar-refractivity contribution in [1.82, 2.24) is 15.6 Å². The van der Waals surface area contributed by atoms with E-state index < -0.39 is 0 Å². The molecule has 0 fully saturated rings. The Labute approximate surface area is 167 Å². The van der Waals surface area contributed by atoms with Crippen molar-refractivity contribution in [3.63, 3.8) is 0 Å². The van der Waals surface area contributed by atoms with E-state index in [4.69, 9.17) is 4.74 Å². The van der Waals surface area contributed by atoms with Gasteiger partial charge in [-0.05, 0) is 43.3 Å². The molecule has 0 radical (unpaired) electrons. The molecule has 0 bridgehead atoms. The highest BCUT2D eigenvalue weighted by Crippen LogP contribution is 2.16. The molecule has 0 aliphatic rings. The fourth-order valence-electron chi connectivity index (χ4n) is 2.46. The third kappa shape index (κ3) is 6.14. The quantitative estimate of drug-likeness (QED) is 0.539. The number of carbonyl (C=O) groups excluding carboxylic acids is 1. The molecule has 0 aliphatic carbocycles. The SMILES string of the molecule is Cc1ccc(OCc2nc(CNCCNC(=O)c3ccc(F)cc3)cs2)cc1. The minimum Gasteiger partial charge on any atom is -0.486 e. The minimum atomic E-state index is -0.356. The Morgan fingerprint density at radius 3 is 2.61 bits per heavy atom. The first kappa shape index (κ1) is 20.0. The summed E-state index contributed by atoms with van der Waals surface area (Å²) in [7, 11) is 0. The van der Waals surface area contributed by atoms with Crippen LogP contribution in [0.5, 0.6) is 5.75 Å². The maximum absolute atomic E-state index is 12.9. The lowest BCUT2D eigenvalue weighted by Crippen LogP contribution is -2.31. The number of aryl methyl sites for hydroxylation is 1. The monoisotopic (exact) mass is 399 g/mol. The number of halogens is 1. The lowest BCUT2D eigenvalue weighted by molar-refractivity contribution is 0.0954. The van der Waals surface area contributed by atoms with Crippen LogP contribution in [0, 0.1) is 12.7 Å². The Hall–Kier alpha value is -2.77. The summed E-state index contributed by atoms with van der Waals surface area (Å²) in [6.07, 6.45) is 0. The van der Waals surface area contributed by atoms with Crippen molar-refractivity contribution in [2.45, 2.75) is 20.1 Å². The summed E-state index contributed by atoms with van der Waals surface area (Å²) < 4.78 is 18.6. The van der Waals surface area contributed by atoms with Crippen LogP contribution in [0.2, 0.25) is 0 Å². The van der Waals surface area contributed by atoms with Gasteiger partial charge in [0.25, 0.3) is 5.91 Å². The molecule has 1 aromatic heterocycles. The highest BCUT2D eigenvalue weighted by Gasteiger charge is 2.05. The Morgan fingerprint density at radius 2 is 1.86 bits per heavy atom. The molecule has 0 unspecified atom stereocenters. The number of carbonyl (C=O) groups is 1. The highest BCUT2D eigenvalue weighted by molar-refractivity contribution is 7.09. The van der Waals surface area contributed by atoms with Crippen molar-refractivity contribution < 1.29 is 13.9 Å². The lowest BCUT2D eigenvalue weighted by atomic mass is 10.2. The second-order valence-electron chi connectivity index (χ2n) is 6.27. The van der Waals surface area contributed by atoms with Crippen molar-refractivity contribution in [2.75, 3.05) is 13.1 Å². The molecule has 0 aliphatic heterocycles. The van der Waals surface area contributed by atoms with E-state index in [0.717, 1.165) is 16.5 Å². The van der Waals surface area contributed by atoms with E-state index in [0.29, 0.717) is 31.8 Å². The van der Waals surface area contributed by atoms with Crippen LogP contribution in [0.1, 0.15) is 26.6 Å². The molecule has 3 aromatic rings. The van der Waals surface area contributed by atoms with Crippen LogP contribution >= 0.6 is 11.3 Å². The van der Waals surface area contributed by atoms with Gasteiger partial charge in [0.2, 0.25) is 0 Å². The molecule has 5 nitrogen and oxygen atoms in total. The third-order valence-corrected chi connectivity index (χ3v) is 4.85. The standard InChI is InChI=1S/C21H22FN3O2S/c1-15-2-8-19(9-3-15)27-13-20-25-18(14-28-20)12-23-10-11-24-21(26)16-4-6-17(22)7-5-16/h2-9,14,23H,10-13H2,1H3,(H,24,26). The molecule has 0 spiro atoms. The molecule has 1 heterocycles. The van der Waals surface area contributed by atoms with Crippen LogP contribution < -0.4 is 15.4 Å². The van der Waals surface area contributed by atoms with Crippen LogP contribution in [-0.4, -0.2) is 24.0 Å². The van der Waals surface area contributed by atoms with Gasteiger partial charge in [-0.2, -0.15) is 0 Å². The average molecular weight is 399 g/mol. The Balaban J connectivity index is 1.33. The maximum Gasteiger partial charge on any atom is 0.251 e. The molecule has 0 saturated carbocycles. The van der Waals surface area contributed by atoms with Crippen molar-refractivity contribution in [2.24, 2.45) is 0 Å². The molecule has 28 heavy (non-hydrogen) atoms. The summed E-state index contributed by atoms with van der Waals surface area (Å²) in [6.45, 7) is 4.19. The number of ether oxygens (including phenoxy) is 1. The minimum absolute atomic E-state index is 0.217. The highest BCUT2D eigenvalue weighted by atomic mass is 32.1. The van der Waals surface area contributed by atoms with Gasteiger partial charge in [0.05, 0.1) is 5.69 Å². The van der Waals surface area contributed by atoms with Crippen LogP contribution in [0.25, 0.3) is 0 Å². The van der Waals surface area contributed by atoms with Crippen LogP contribution in [-0.2, 0) is 13.2 Å². The third-order valence-electron chi connectivity index (χ3n) is 3.98. The largest absolute Gasteiger partial charge is 0.486 e. The number of rotatable bonds is 9. The molecular formula is C21H22FN3O2S. The van der Waals surface area contributed by atoms with Crippen molar-refractivity contribution >= 4 is 17.2 Å². The molecular weight excluding hydrogens is 377 g/mol. The normalized spacial score (nSPS) is 10.6. The molecule has 3 rings (SSSR count). The Morgan fingerprint density at radius 1 is 1.11 bits per heavy atom. The molecule has 2 N–H and O–H groups in total. The summed E-state index contributed by atoms with van der Waals surface area (Å²) in [4.78, 5) is 16.5. The summed E-state index contributed by atoms with van der Waals surface area (Å²) in [6, 6.07) is 13.4. The van der Waals surface area contributed by atoms with E-state index >= 15 is 0 Å². The average Bonchev–Trinajstić information content (AvgIpc) is 3.15. The van der Waals surface area contributed by atoms with Crippen molar-refractivity contribution in [3.05, 3.63) is 81.6 Å². The zero-order chi connectivity index (χ0) is 19.8. The maximum atomic E-state index is 12.9. The molecule has 2 aromatic carbocycles. The summed E-state index contributed by atoms with van der Waals surface area (Å²) in [5.74, 6) is 0.258. The van der Waals surface area contributed by atoms with Gasteiger partial charge in [-0.1, -0.05) is 17.7 Å². The van der Waals surface area contributed by atoms with Crippen LogP contribution in [0.4, 0.5) is 4.39 Å². The van der Waals surface area contributed by atoms with E-state index in [1.165, 1.54) is 29.8 Å². The number of aromatic nitrogens is 1. The number of thiazole rings is 1. The predicted molar refractivity (Wildman–Crippen MR) is 108 cm³/mol. The first-order chi connectivity index (χ1) is 13.6. The van der Waals surface area contributed by atoms with E-state index in [1.54, 1.807) is 11.3 Å². The topological polar surface area (TPSA) is 63.2 Å². The summed E-state index contributed by atoms with van der Waals surface area (Å²) in [5, 5.41) is 8.95. The van der Waals surface area contributed by atoms with Gasteiger partial charge in [-0.3, -0.25) is 4.79 Å². The van der Waals surface area contributed by atoms with Gasteiger partial charge < -0.3 is 15.4 Å². The lowest BCUT2D eigenvalue weighted by Gasteiger charge is -2.06. The molecule has 7 heteroatoms. The number of nitrogens with one attached hydrogen (secondary N) is 2. The van der Waals surface area contributed by atoms with Crippen molar-refractivity contribution in [1.29, 1.82) is 0 Å². The number of benzene rings is 2.